The van der Waals surface area contributed by atoms with Gasteiger partial charge in [0, 0.05) is 18.8 Å². The van der Waals surface area contributed by atoms with Crippen LogP contribution < -0.4 is 10.1 Å². The molecule has 0 spiro atoms. The van der Waals surface area contributed by atoms with Crippen molar-refractivity contribution in [3.63, 3.8) is 0 Å². The minimum absolute atomic E-state index is 0.674. The van der Waals surface area contributed by atoms with E-state index in [0.717, 1.165) is 31.7 Å². The Kier molecular flexibility index (Phi) is 8.59. The summed E-state index contributed by atoms with van der Waals surface area (Å²) in [5.74, 6) is 0.674. The van der Waals surface area contributed by atoms with Crippen LogP contribution in [-0.2, 0) is 6.54 Å². The first-order chi connectivity index (χ1) is 9.27. The maximum Gasteiger partial charge on any atom is 0.213 e. The Balaban J connectivity index is 2.33. The van der Waals surface area contributed by atoms with Gasteiger partial charge in [-0.3, -0.25) is 0 Å². The summed E-state index contributed by atoms with van der Waals surface area (Å²) in [5.41, 5.74) is 1.04. The molecule has 0 saturated carbocycles. The average Bonchev–Trinajstić information content (AvgIpc) is 2.43. The number of halogens is 1. The van der Waals surface area contributed by atoms with Crippen LogP contribution in [0.1, 0.15) is 51.5 Å². The van der Waals surface area contributed by atoms with Gasteiger partial charge in [0.25, 0.3) is 0 Å². The van der Waals surface area contributed by atoms with Crippen molar-refractivity contribution in [2.45, 2.75) is 52.5 Å². The zero-order valence-corrected chi connectivity index (χ0v) is 12.8. The number of rotatable bonds is 10. The van der Waals surface area contributed by atoms with E-state index in [4.69, 9.17) is 16.3 Å². The molecule has 0 aliphatic heterocycles. The summed E-state index contributed by atoms with van der Waals surface area (Å²) in [6.45, 7) is 6.71. The number of unbranched alkanes of at least 4 members (excludes halogenated alkanes) is 4. The van der Waals surface area contributed by atoms with Crippen LogP contribution in [0.4, 0.5) is 0 Å². The highest BCUT2D eigenvalue weighted by Crippen LogP contribution is 2.19. The van der Waals surface area contributed by atoms with Crippen LogP contribution >= 0.6 is 11.6 Å². The van der Waals surface area contributed by atoms with E-state index in [1.165, 1.54) is 25.7 Å². The molecule has 4 heteroatoms. The lowest BCUT2D eigenvalue weighted by Crippen LogP contribution is -2.12. The Labute approximate surface area is 121 Å². The molecule has 108 valence electrons. The number of ether oxygens (including phenoxy) is 1. The molecule has 0 amide bonds. The third-order valence-corrected chi connectivity index (χ3v) is 3.31. The van der Waals surface area contributed by atoms with E-state index in [9.17, 15) is 0 Å². The first-order valence-electron chi connectivity index (χ1n) is 7.25. The molecule has 3 nitrogen and oxygen atoms in total. The maximum absolute atomic E-state index is 6.09. The van der Waals surface area contributed by atoms with Gasteiger partial charge in [-0.2, -0.15) is 0 Å². The molecule has 0 aliphatic rings. The Morgan fingerprint density at radius 2 is 2.00 bits per heavy atom. The quantitative estimate of drug-likeness (QED) is 0.654. The number of pyridine rings is 1. The summed E-state index contributed by atoms with van der Waals surface area (Å²) >= 11 is 6.09. The smallest absolute Gasteiger partial charge is 0.213 e. The number of aromatic nitrogens is 1. The molecular formula is C15H25ClN2O. The van der Waals surface area contributed by atoms with Crippen LogP contribution in [0, 0.1) is 0 Å². The molecule has 0 bridgehead atoms. The van der Waals surface area contributed by atoms with Crippen molar-refractivity contribution in [3.8, 4) is 5.88 Å². The fourth-order valence-electron chi connectivity index (χ4n) is 1.81. The average molecular weight is 285 g/mol. The molecule has 1 rings (SSSR count). The molecule has 1 aromatic rings. The highest BCUT2D eigenvalue weighted by Gasteiger charge is 2.03. The lowest BCUT2D eigenvalue weighted by molar-refractivity contribution is 0.293. The van der Waals surface area contributed by atoms with Crippen molar-refractivity contribution < 1.29 is 4.74 Å². The summed E-state index contributed by atoms with van der Waals surface area (Å²) in [6, 6.07) is 1.93. The molecule has 0 unspecified atom stereocenters. The van der Waals surface area contributed by atoms with Gasteiger partial charge in [0.15, 0.2) is 0 Å². The molecule has 0 fully saturated rings. The Bertz CT molecular complexity index is 358. The first kappa shape index (κ1) is 16.3. The van der Waals surface area contributed by atoms with Gasteiger partial charge >= 0.3 is 0 Å². The van der Waals surface area contributed by atoms with Crippen LogP contribution in [0.25, 0.3) is 0 Å². The topological polar surface area (TPSA) is 34.1 Å². The van der Waals surface area contributed by atoms with Crippen molar-refractivity contribution in [2.75, 3.05) is 13.2 Å². The normalized spacial score (nSPS) is 10.7. The fraction of sp³-hybridized carbons (Fsp3) is 0.667. The number of nitrogens with zero attached hydrogens (tertiary/aromatic N) is 1. The van der Waals surface area contributed by atoms with E-state index < -0.39 is 0 Å². The third kappa shape index (κ3) is 6.79. The Morgan fingerprint density at radius 1 is 1.21 bits per heavy atom. The SMILES string of the molecule is CCCCCCCOc1cc(CNCC)c(Cl)cn1. The van der Waals surface area contributed by atoms with Gasteiger partial charge in [0.1, 0.15) is 0 Å². The predicted molar refractivity (Wildman–Crippen MR) is 80.9 cm³/mol. The summed E-state index contributed by atoms with van der Waals surface area (Å²) in [5, 5.41) is 3.95. The maximum atomic E-state index is 6.09. The van der Waals surface area contributed by atoms with E-state index in [1.807, 2.05) is 6.07 Å². The van der Waals surface area contributed by atoms with Gasteiger partial charge < -0.3 is 10.1 Å². The lowest BCUT2D eigenvalue weighted by atomic mass is 10.2. The van der Waals surface area contributed by atoms with E-state index in [1.54, 1.807) is 6.20 Å². The van der Waals surface area contributed by atoms with E-state index in [-0.39, 0.29) is 0 Å². The largest absolute Gasteiger partial charge is 0.478 e. The Morgan fingerprint density at radius 3 is 2.74 bits per heavy atom. The minimum atomic E-state index is 0.674. The Hall–Kier alpha value is -0.800. The standard InChI is InChI=1S/C15H25ClN2O/c1-3-5-6-7-8-9-19-15-10-13(11-17-4-2)14(16)12-18-15/h10,12,17H,3-9,11H2,1-2H3. The highest BCUT2D eigenvalue weighted by atomic mass is 35.5. The minimum Gasteiger partial charge on any atom is -0.478 e. The van der Waals surface area contributed by atoms with Gasteiger partial charge in [-0.1, -0.05) is 51.1 Å². The van der Waals surface area contributed by atoms with Crippen LogP contribution in [0.3, 0.4) is 0 Å². The zero-order chi connectivity index (χ0) is 13.9. The van der Waals surface area contributed by atoms with E-state index in [2.05, 4.69) is 24.1 Å². The molecule has 1 aromatic heterocycles. The molecule has 1 heterocycles. The molecule has 1 N–H and O–H groups in total. The summed E-state index contributed by atoms with van der Waals surface area (Å²) in [7, 11) is 0. The summed E-state index contributed by atoms with van der Waals surface area (Å²) < 4.78 is 5.66. The van der Waals surface area contributed by atoms with Crippen molar-refractivity contribution in [2.24, 2.45) is 0 Å². The van der Waals surface area contributed by atoms with Crippen molar-refractivity contribution in [1.29, 1.82) is 0 Å². The first-order valence-corrected chi connectivity index (χ1v) is 7.63. The molecule has 0 saturated heterocycles. The van der Waals surface area contributed by atoms with Crippen molar-refractivity contribution >= 4 is 11.6 Å². The zero-order valence-electron chi connectivity index (χ0n) is 12.0. The number of hydrogen-bond donors (Lipinski definition) is 1. The second-order valence-corrected chi connectivity index (χ2v) is 5.06. The van der Waals surface area contributed by atoms with Gasteiger partial charge in [0.2, 0.25) is 5.88 Å². The van der Waals surface area contributed by atoms with Crippen LogP contribution in [0.2, 0.25) is 5.02 Å². The van der Waals surface area contributed by atoms with Gasteiger partial charge in [-0.25, -0.2) is 4.98 Å². The molecule has 0 atom stereocenters. The second kappa shape index (κ2) is 10.0. The van der Waals surface area contributed by atoms with Crippen LogP contribution in [-0.4, -0.2) is 18.1 Å². The molecule has 0 aromatic carbocycles. The molecule has 19 heavy (non-hydrogen) atoms. The monoisotopic (exact) mass is 284 g/mol. The van der Waals surface area contributed by atoms with Gasteiger partial charge in [0.05, 0.1) is 11.6 Å². The fourth-order valence-corrected chi connectivity index (χ4v) is 1.99. The van der Waals surface area contributed by atoms with Gasteiger partial charge in [-0.15, -0.1) is 0 Å². The molecular weight excluding hydrogens is 260 g/mol. The lowest BCUT2D eigenvalue weighted by Gasteiger charge is -2.09. The highest BCUT2D eigenvalue weighted by molar-refractivity contribution is 6.31. The molecule has 0 aliphatic carbocycles. The summed E-state index contributed by atoms with van der Waals surface area (Å²) in [6.07, 6.45) is 7.86. The van der Waals surface area contributed by atoms with Gasteiger partial charge in [-0.05, 0) is 18.5 Å². The second-order valence-electron chi connectivity index (χ2n) is 4.66. The third-order valence-electron chi connectivity index (χ3n) is 2.97. The summed E-state index contributed by atoms with van der Waals surface area (Å²) in [4.78, 5) is 4.20. The predicted octanol–water partition coefficient (Wildman–Crippen LogP) is 4.19. The van der Waals surface area contributed by atoms with E-state index in [0.29, 0.717) is 10.9 Å². The number of hydrogen-bond acceptors (Lipinski definition) is 3. The van der Waals surface area contributed by atoms with Crippen molar-refractivity contribution in [1.82, 2.24) is 10.3 Å². The molecule has 0 radical (unpaired) electrons. The van der Waals surface area contributed by atoms with Crippen LogP contribution in [0.15, 0.2) is 12.3 Å². The number of nitrogens with one attached hydrogen (secondary N) is 1. The van der Waals surface area contributed by atoms with Crippen LogP contribution in [0.5, 0.6) is 5.88 Å². The van der Waals surface area contributed by atoms with Crippen molar-refractivity contribution in [3.05, 3.63) is 22.8 Å². The van der Waals surface area contributed by atoms with E-state index >= 15 is 0 Å².